The standard InChI is InChI=1S/C28H32N8O/c1-28(37-2)6-5-19(12-33-28)17-35-23-10-24(35)15-31-16-26(32-8-7-30-14-23)25-9-21(20-3-4-20)18-36-27(25)22(11-29)13-34-36/h5,7-9,12-13,16,18,20,23-24,30H,3-4,6,10,14-15,17H2,1-2H3/b8-7+,31-16?,32-26?. The van der Waals surface area contributed by atoms with Gasteiger partial charge >= 0.3 is 0 Å². The fraction of sp³-hybridized carbons (Fsp3) is 0.464. The van der Waals surface area contributed by atoms with Crippen LogP contribution in [0.3, 0.4) is 0 Å². The van der Waals surface area contributed by atoms with Gasteiger partial charge in [0.25, 0.3) is 0 Å². The summed E-state index contributed by atoms with van der Waals surface area (Å²) in [6.45, 7) is 4.41. The molecule has 190 valence electrons. The van der Waals surface area contributed by atoms with Crippen LogP contribution in [-0.2, 0) is 4.74 Å². The minimum absolute atomic E-state index is 0.361. The fourth-order valence-electron chi connectivity index (χ4n) is 5.35. The average Bonchev–Trinajstić information content (AvgIpc) is 3.67. The van der Waals surface area contributed by atoms with E-state index >= 15 is 0 Å². The predicted molar refractivity (Wildman–Crippen MR) is 144 cm³/mol. The molecular formula is C28H32N8O. The van der Waals surface area contributed by atoms with Crippen molar-refractivity contribution in [2.75, 3.05) is 26.7 Å². The molecule has 5 aliphatic rings. The van der Waals surface area contributed by atoms with Gasteiger partial charge in [-0.3, -0.25) is 19.9 Å². The zero-order valence-electron chi connectivity index (χ0n) is 21.3. The highest BCUT2D eigenvalue weighted by molar-refractivity contribution is 6.40. The fourth-order valence-corrected chi connectivity index (χ4v) is 5.35. The maximum atomic E-state index is 9.71. The van der Waals surface area contributed by atoms with Crippen LogP contribution >= 0.6 is 0 Å². The van der Waals surface area contributed by atoms with Crippen LogP contribution in [0.5, 0.6) is 0 Å². The number of rotatable bonds is 5. The largest absolute Gasteiger partial charge is 0.388 e. The second kappa shape index (κ2) is 9.69. The Morgan fingerprint density at radius 1 is 1.27 bits per heavy atom. The Kier molecular flexibility index (Phi) is 6.22. The lowest BCUT2D eigenvalue weighted by Gasteiger charge is -2.48. The van der Waals surface area contributed by atoms with Crippen molar-refractivity contribution in [3.8, 4) is 6.07 Å². The number of nitriles is 1. The summed E-state index contributed by atoms with van der Waals surface area (Å²) < 4.78 is 7.34. The number of dihydropyridines is 1. The lowest BCUT2D eigenvalue weighted by molar-refractivity contribution is 0.0142. The minimum atomic E-state index is -0.455. The van der Waals surface area contributed by atoms with Crippen molar-refractivity contribution in [1.29, 1.82) is 5.26 Å². The molecule has 9 nitrogen and oxygen atoms in total. The number of ether oxygens (including phenoxy) is 1. The van der Waals surface area contributed by atoms with Gasteiger partial charge in [0.1, 0.15) is 6.07 Å². The third-order valence-electron chi connectivity index (χ3n) is 7.90. The number of pyridine rings is 1. The van der Waals surface area contributed by atoms with Crippen LogP contribution in [0.4, 0.5) is 0 Å². The smallest absolute Gasteiger partial charge is 0.159 e. The number of aliphatic imine (C=N–C) groups is 3. The molecule has 1 saturated carbocycles. The van der Waals surface area contributed by atoms with Crippen molar-refractivity contribution >= 4 is 23.7 Å². The van der Waals surface area contributed by atoms with Crippen molar-refractivity contribution in [2.24, 2.45) is 15.0 Å². The summed E-state index contributed by atoms with van der Waals surface area (Å²) in [7, 11) is 1.71. The van der Waals surface area contributed by atoms with Crippen LogP contribution in [0, 0.1) is 11.3 Å². The van der Waals surface area contributed by atoms with E-state index in [4.69, 9.17) is 14.7 Å². The molecule has 7 rings (SSSR count). The second-order valence-corrected chi connectivity index (χ2v) is 10.5. The van der Waals surface area contributed by atoms with Crippen molar-refractivity contribution < 1.29 is 4.74 Å². The first-order chi connectivity index (χ1) is 18.1. The molecular weight excluding hydrogens is 464 g/mol. The van der Waals surface area contributed by atoms with Crippen molar-refractivity contribution in [3.63, 3.8) is 0 Å². The van der Waals surface area contributed by atoms with Gasteiger partial charge < -0.3 is 10.1 Å². The number of nitrogens with zero attached hydrogens (tertiary/aromatic N) is 7. The van der Waals surface area contributed by atoms with E-state index in [0.717, 1.165) is 42.7 Å². The van der Waals surface area contributed by atoms with Crippen molar-refractivity contribution in [1.82, 2.24) is 19.8 Å². The zero-order valence-corrected chi connectivity index (χ0v) is 21.3. The maximum Gasteiger partial charge on any atom is 0.159 e. The Morgan fingerprint density at radius 2 is 2.16 bits per heavy atom. The summed E-state index contributed by atoms with van der Waals surface area (Å²) in [5.74, 6) is 0.554. The van der Waals surface area contributed by atoms with E-state index in [1.165, 1.54) is 24.0 Å². The van der Waals surface area contributed by atoms with Gasteiger partial charge in [-0.05, 0) is 49.3 Å². The molecule has 1 saturated heterocycles. The SMILES string of the molecule is COC1(C)CC=C(CN2C3CN=CC(c4cc(C5CC5)cn5ncc(C#N)c45)=N/C=C/NCC2C3)C=N1. The summed E-state index contributed by atoms with van der Waals surface area (Å²) in [6, 6.07) is 5.26. The molecule has 2 aromatic rings. The molecule has 0 amide bonds. The Hall–Kier alpha value is -3.61. The normalized spacial score (nSPS) is 28.8. The highest BCUT2D eigenvalue weighted by Crippen LogP contribution is 2.41. The molecule has 0 spiro atoms. The van der Waals surface area contributed by atoms with Crippen molar-refractivity contribution in [2.45, 2.75) is 56.3 Å². The molecule has 1 aliphatic carbocycles. The van der Waals surface area contributed by atoms with Crippen LogP contribution in [0.15, 0.2) is 57.5 Å². The second-order valence-electron chi connectivity index (χ2n) is 10.5. The minimum Gasteiger partial charge on any atom is -0.388 e. The number of nitrogens with one attached hydrogen (secondary N) is 1. The first kappa shape index (κ1) is 23.8. The van der Waals surface area contributed by atoms with Crippen molar-refractivity contribution in [3.05, 3.63) is 59.2 Å². The van der Waals surface area contributed by atoms with Gasteiger partial charge in [-0.2, -0.15) is 10.4 Å². The first-order valence-corrected chi connectivity index (χ1v) is 13.0. The van der Waals surface area contributed by atoms with Crippen LogP contribution in [-0.4, -0.2) is 77.2 Å². The van der Waals surface area contributed by atoms with E-state index in [9.17, 15) is 5.26 Å². The Balaban J connectivity index is 1.26. The molecule has 2 fully saturated rings. The number of fused-ring (bicyclic) bond motifs is 6. The van der Waals surface area contributed by atoms with E-state index < -0.39 is 5.72 Å². The highest BCUT2D eigenvalue weighted by atomic mass is 16.5. The van der Waals surface area contributed by atoms with E-state index in [0.29, 0.717) is 30.1 Å². The first-order valence-electron chi connectivity index (χ1n) is 13.0. The highest BCUT2D eigenvalue weighted by Gasteiger charge is 2.38. The molecule has 2 aromatic heterocycles. The predicted octanol–water partition coefficient (Wildman–Crippen LogP) is 3.22. The van der Waals surface area contributed by atoms with Gasteiger partial charge in [-0.25, -0.2) is 4.52 Å². The Morgan fingerprint density at radius 3 is 2.92 bits per heavy atom. The van der Waals surface area contributed by atoms with Crippen LogP contribution in [0.2, 0.25) is 0 Å². The maximum absolute atomic E-state index is 9.71. The monoisotopic (exact) mass is 496 g/mol. The summed E-state index contributed by atoms with van der Waals surface area (Å²) >= 11 is 0. The lowest BCUT2D eigenvalue weighted by Crippen LogP contribution is -2.60. The molecule has 4 aliphatic heterocycles. The summed E-state index contributed by atoms with van der Waals surface area (Å²) in [5, 5.41) is 17.6. The number of hydrogen-bond acceptors (Lipinski definition) is 8. The topological polar surface area (TPSA) is 103 Å². The van der Waals surface area contributed by atoms with Gasteiger partial charge in [0.05, 0.1) is 29.5 Å². The van der Waals surface area contributed by atoms with E-state index in [-0.39, 0.29) is 0 Å². The van der Waals surface area contributed by atoms with Crippen LogP contribution in [0.1, 0.15) is 55.2 Å². The summed E-state index contributed by atoms with van der Waals surface area (Å²) in [6.07, 6.45) is 17.7. The lowest BCUT2D eigenvalue weighted by atomic mass is 9.91. The number of methoxy groups -OCH3 is 1. The summed E-state index contributed by atoms with van der Waals surface area (Å²) in [5.41, 5.74) is 4.97. The molecule has 0 aromatic carbocycles. The molecule has 37 heavy (non-hydrogen) atoms. The molecule has 3 unspecified atom stereocenters. The molecule has 1 N–H and O–H groups in total. The average molecular weight is 497 g/mol. The molecule has 2 bridgehead atoms. The van der Waals surface area contributed by atoms with E-state index in [1.54, 1.807) is 19.5 Å². The molecule has 9 heteroatoms. The quantitative estimate of drug-likeness (QED) is 0.641. The Bertz CT molecular complexity index is 1390. The zero-order chi connectivity index (χ0) is 25.4. The molecule has 3 atom stereocenters. The van der Waals surface area contributed by atoms with Gasteiger partial charge in [0.15, 0.2) is 5.72 Å². The van der Waals surface area contributed by atoms with E-state index in [2.05, 4.69) is 38.5 Å². The molecule has 0 radical (unpaired) electrons. The number of aromatic nitrogens is 2. The van der Waals surface area contributed by atoms with Gasteiger partial charge in [-0.1, -0.05) is 6.08 Å². The van der Waals surface area contributed by atoms with Gasteiger partial charge in [-0.15, -0.1) is 0 Å². The summed E-state index contributed by atoms with van der Waals surface area (Å²) in [4.78, 5) is 16.8. The third kappa shape index (κ3) is 4.75. The Labute approximate surface area is 217 Å². The third-order valence-corrected chi connectivity index (χ3v) is 7.90. The van der Waals surface area contributed by atoms with Crippen LogP contribution in [0.25, 0.3) is 5.52 Å². The van der Waals surface area contributed by atoms with Gasteiger partial charge in [0, 0.05) is 75.3 Å². The molecule has 6 heterocycles. The van der Waals surface area contributed by atoms with Crippen LogP contribution < -0.4 is 5.32 Å². The number of hydrogen-bond donors (Lipinski definition) is 1. The van der Waals surface area contributed by atoms with E-state index in [1.807, 2.05) is 36.3 Å². The van der Waals surface area contributed by atoms with Gasteiger partial charge in [0.2, 0.25) is 0 Å².